The van der Waals surface area contributed by atoms with Gasteiger partial charge in [-0.15, -0.1) is 0 Å². The zero-order valence-corrected chi connectivity index (χ0v) is 17.4. The molecule has 4 atom stereocenters. The molecular formula is C20H31BrF3NO. The lowest BCUT2D eigenvalue weighted by molar-refractivity contribution is -0.272. The molecule has 1 N–H and O–H groups in total. The van der Waals surface area contributed by atoms with E-state index in [1.165, 1.54) is 32.1 Å². The molecule has 2 aliphatic carbocycles. The predicted octanol–water partition coefficient (Wildman–Crippen LogP) is 5.51. The summed E-state index contributed by atoms with van der Waals surface area (Å²) in [6.07, 6.45) is 1.20. The number of piperidine rings is 1. The van der Waals surface area contributed by atoms with E-state index < -0.39 is 11.8 Å². The molecule has 0 aromatic rings. The highest BCUT2D eigenvalue weighted by Gasteiger charge is 2.55. The van der Waals surface area contributed by atoms with Crippen LogP contribution in [0.3, 0.4) is 0 Å². The molecule has 1 aliphatic heterocycles. The molecule has 0 radical (unpaired) electrons. The largest absolute Gasteiger partial charge is 0.417 e. The molecule has 0 amide bonds. The van der Waals surface area contributed by atoms with Crippen molar-refractivity contribution in [1.82, 2.24) is 4.90 Å². The maximum absolute atomic E-state index is 13.0. The van der Waals surface area contributed by atoms with Crippen molar-refractivity contribution in [3.63, 3.8) is 0 Å². The summed E-state index contributed by atoms with van der Waals surface area (Å²) in [6, 6.07) is 0. The van der Waals surface area contributed by atoms with Crippen LogP contribution in [0.4, 0.5) is 13.2 Å². The van der Waals surface area contributed by atoms with Crippen LogP contribution >= 0.6 is 15.9 Å². The molecule has 3 aliphatic rings. The Hall–Kier alpha value is -0.0700. The molecule has 0 unspecified atom stereocenters. The fourth-order valence-electron chi connectivity index (χ4n) is 6.07. The summed E-state index contributed by atoms with van der Waals surface area (Å²) in [6.45, 7) is 6.21. The van der Waals surface area contributed by atoms with Gasteiger partial charge >= 0.3 is 6.18 Å². The minimum absolute atomic E-state index is 0.204. The van der Waals surface area contributed by atoms with E-state index in [1.807, 2.05) is 0 Å². The lowest BCUT2D eigenvalue weighted by Crippen LogP contribution is -2.54. The Morgan fingerprint density at radius 1 is 1.27 bits per heavy atom. The fourth-order valence-corrected chi connectivity index (χ4v) is 6.62. The number of allylic oxidation sites excluding steroid dienone is 1. The maximum atomic E-state index is 13.0. The monoisotopic (exact) mass is 437 g/mol. The highest BCUT2D eigenvalue weighted by molar-refractivity contribution is 9.11. The van der Waals surface area contributed by atoms with Crippen molar-refractivity contribution in [3.8, 4) is 0 Å². The second-order valence-corrected chi connectivity index (χ2v) is 9.54. The van der Waals surface area contributed by atoms with Crippen molar-refractivity contribution in [2.45, 2.75) is 70.6 Å². The number of aliphatic hydroxyl groups is 1. The SMILES string of the molecule is C[C@@H](CN1CCC(O)(C(F)(F)F)CC1)[C@H]1CC[C@H]2/C(=C/Br)CCC[C@]12C. The third-order valence-electron chi connectivity index (χ3n) is 7.62. The first-order chi connectivity index (χ1) is 12.1. The third-order valence-corrected chi connectivity index (χ3v) is 8.21. The van der Waals surface area contributed by atoms with Crippen molar-refractivity contribution < 1.29 is 18.3 Å². The number of rotatable bonds is 3. The number of likely N-dealkylation sites (tertiary alicyclic amines) is 1. The van der Waals surface area contributed by atoms with Gasteiger partial charge in [0.1, 0.15) is 0 Å². The third kappa shape index (κ3) is 3.62. The van der Waals surface area contributed by atoms with Crippen LogP contribution in [-0.2, 0) is 0 Å². The summed E-state index contributed by atoms with van der Waals surface area (Å²) in [4.78, 5) is 4.26. The van der Waals surface area contributed by atoms with Crippen LogP contribution in [0.5, 0.6) is 0 Å². The van der Waals surface area contributed by atoms with Crippen LogP contribution in [-0.4, -0.2) is 41.4 Å². The Morgan fingerprint density at radius 3 is 2.50 bits per heavy atom. The van der Waals surface area contributed by atoms with Crippen LogP contribution in [0.15, 0.2) is 10.6 Å². The van der Waals surface area contributed by atoms with Crippen molar-refractivity contribution >= 4 is 15.9 Å². The quantitative estimate of drug-likeness (QED) is 0.629. The summed E-state index contributed by atoms with van der Waals surface area (Å²) in [5, 5.41) is 9.86. The van der Waals surface area contributed by atoms with Gasteiger partial charge in [-0.25, -0.2) is 0 Å². The molecule has 2 saturated carbocycles. The normalized spacial score (nSPS) is 38.3. The molecule has 0 aromatic heterocycles. The lowest BCUT2D eigenvalue weighted by atomic mass is 9.61. The van der Waals surface area contributed by atoms with Crippen LogP contribution in [0.1, 0.15) is 58.8 Å². The van der Waals surface area contributed by atoms with Gasteiger partial charge in [-0.05, 0) is 73.1 Å². The average molecular weight is 438 g/mol. The molecule has 0 bridgehead atoms. The minimum Gasteiger partial charge on any atom is -0.380 e. The van der Waals surface area contributed by atoms with Crippen molar-refractivity contribution in [1.29, 1.82) is 0 Å². The number of halogens is 4. The van der Waals surface area contributed by atoms with Gasteiger partial charge in [-0.1, -0.05) is 35.4 Å². The Labute approximate surface area is 163 Å². The molecule has 1 saturated heterocycles. The molecule has 3 fully saturated rings. The molecule has 2 nitrogen and oxygen atoms in total. The molecule has 26 heavy (non-hydrogen) atoms. The van der Waals surface area contributed by atoms with E-state index in [1.54, 1.807) is 5.57 Å². The highest BCUT2D eigenvalue weighted by atomic mass is 79.9. The van der Waals surface area contributed by atoms with Gasteiger partial charge in [-0.2, -0.15) is 13.2 Å². The van der Waals surface area contributed by atoms with E-state index in [2.05, 4.69) is 39.7 Å². The minimum atomic E-state index is -4.52. The predicted molar refractivity (Wildman–Crippen MR) is 101 cm³/mol. The number of nitrogens with zero attached hydrogens (tertiary/aromatic N) is 1. The van der Waals surface area contributed by atoms with Gasteiger partial charge in [0.05, 0.1) is 0 Å². The molecule has 0 aromatic carbocycles. The Morgan fingerprint density at radius 2 is 1.92 bits per heavy atom. The average Bonchev–Trinajstić information content (AvgIpc) is 2.93. The molecule has 1 heterocycles. The highest BCUT2D eigenvalue weighted by Crippen LogP contribution is 2.59. The zero-order valence-electron chi connectivity index (χ0n) is 15.8. The summed E-state index contributed by atoms with van der Waals surface area (Å²) in [5.41, 5.74) is -0.628. The molecular weight excluding hydrogens is 407 g/mol. The summed E-state index contributed by atoms with van der Waals surface area (Å²) >= 11 is 3.55. The van der Waals surface area contributed by atoms with Crippen LogP contribution in [0, 0.1) is 23.2 Å². The summed E-state index contributed by atoms with van der Waals surface area (Å²) in [7, 11) is 0. The molecule has 6 heteroatoms. The second-order valence-electron chi connectivity index (χ2n) is 9.09. The maximum Gasteiger partial charge on any atom is 0.417 e. The zero-order chi connectivity index (χ0) is 19.2. The fraction of sp³-hybridized carbons (Fsp3) is 0.900. The molecule has 3 rings (SSSR count). The molecule has 150 valence electrons. The van der Waals surface area contributed by atoms with Gasteiger partial charge in [0.25, 0.3) is 0 Å². The Bertz CT molecular complexity index is 542. The first-order valence-electron chi connectivity index (χ1n) is 9.91. The topological polar surface area (TPSA) is 23.5 Å². The van der Waals surface area contributed by atoms with Gasteiger partial charge in [0, 0.05) is 19.6 Å². The van der Waals surface area contributed by atoms with E-state index in [4.69, 9.17) is 0 Å². The molecule has 0 spiro atoms. The van der Waals surface area contributed by atoms with Gasteiger partial charge in [0.2, 0.25) is 0 Å². The lowest BCUT2D eigenvalue weighted by Gasteiger charge is -2.46. The number of hydrogen-bond donors (Lipinski definition) is 1. The van der Waals surface area contributed by atoms with Gasteiger partial charge in [-0.3, -0.25) is 0 Å². The standard InChI is InChI=1S/C20H31BrF3NO/c1-14(13-25-10-8-19(26,9-11-25)20(22,23)24)16-5-6-17-15(12-21)4-3-7-18(16,17)2/h12,14,16-17,26H,3-11,13H2,1-2H3/b15-12+/t14-,16+,17-,18+/m0/s1. The van der Waals surface area contributed by atoms with Crippen LogP contribution in [0.25, 0.3) is 0 Å². The summed E-state index contributed by atoms with van der Waals surface area (Å²) in [5.74, 6) is 1.75. The van der Waals surface area contributed by atoms with Crippen LogP contribution in [0.2, 0.25) is 0 Å². The van der Waals surface area contributed by atoms with Gasteiger partial charge in [0.15, 0.2) is 5.60 Å². The summed E-state index contributed by atoms with van der Waals surface area (Å²) < 4.78 is 39.0. The smallest absolute Gasteiger partial charge is 0.380 e. The Balaban J connectivity index is 1.60. The first-order valence-corrected chi connectivity index (χ1v) is 10.8. The first kappa shape index (κ1) is 20.7. The number of alkyl halides is 3. The second kappa shape index (κ2) is 7.40. The van der Waals surface area contributed by atoms with E-state index in [-0.39, 0.29) is 12.8 Å². The Kier molecular flexibility index (Phi) is 5.88. The van der Waals surface area contributed by atoms with Crippen LogP contribution < -0.4 is 0 Å². The van der Waals surface area contributed by atoms with E-state index in [0.717, 1.165) is 6.54 Å². The van der Waals surface area contributed by atoms with Crippen molar-refractivity contribution in [3.05, 3.63) is 10.6 Å². The number of hydrogen-bond acceptors (Lipinski definition) is 2. The van der Waals surface area contributed by atoms with Crippen molar-refractivity contribution in [2.75, 3.05) is 19.6 Å². The van der Waals surface area contributed by atoms with E-state index in [9.17, 15) is 18.3 Å². The van der Waals surface area contributed by atoms with E-state index in [0.29, 0.717) is 36.3 Å². The van der Waals surface area contributed by atoms with E-state index >= 15 is 0 Å². The van der Waals surface area contributed by atoms with Gasteiger partial charge < -0.3 is 10.0 Å². The number of fused-ring (bicyclic) bond motifs is 1. The van der Waals surface area contributed by atoms with Crippen molar-refractivity contribution in [2.24, 2.45) is 23.2 Å².